The molecule has 4 atom stereocenters. The van der Waals surface area contributed by atoms with Crippen LogP contribution in [0.3, 0.4) is 0 Å². The summed E-state index contributed by atoms with van der Waals surface area (Å²) in [4.78, 5) is 44.7. The molecule has 0 aliphatic rings. The lowest BCUT2D eigenvalue weighted by molar-refractivity contribution is -0.124. The number of amides is 3. The van der Waals surface area contributed by atoms with Gasteiger partial charge in [-0.15, -0.1) is 0 Å². The summed E-state index contributed by atoms with van der Waals surface area (Å²) in [5.41, 5.74) is 11.4. The Balaban J connectivity index is 2.12. The van der Waals surface area contributed by atoms with Crippen molar-refractivity contribution in [2.24, 2.45) is 22.9 Å². The zero-order valence-corrected chi connectivity index (χ0v) is 28.8. The van der Waals surface area contributed by atoms with E-state index in [9.17, 15) is 19.9 Å². The second kappa shape index (κ2) is 20.3. The fourth-order valence-electron chi connectivity index (χ4n) is 5.61. The highest BCUT2D eigenvalue weighted by atomic mass is 16.2. The standard InChI is InChI=1S/C36H55N7O3/c1-8-18-43(19-9-2)36(46)30-17-13-16-29(22-30)34(44)40-31(20-25(3)4)32(41-42-37)21-27(7)23-38-33(26(5)6)35(45)39-24-28-14-11-10-12-15-28/h10-17,22,25-27,31-33,38H,8-9,18-21,23-24H2,1-7H3,(H,39,45)(H,40,44)/t27-,31+,32+,33+/m1/s1. The van der Waals surface area contributed by atoms with E-state index in [4.69, 9.17) is 0 Å². The fraction of sp³-hybridized carbons (Fsp3) is 0.583. The minimum absolute atomic E-state index is 0.0503. The Morgan fingerprint density at radius 3 is 2.13 bits per heavy atom. The van der Waals surface area contributed by atoms with Crippen LogP contribution in [0.25, 0.3) is 10.4 Å². The van der Waals surface area contributed by atoms with E-state index >= 15 is 0 Å². The van der Waals surface area contributed by atoms with Crippen LogP contribution in [0.4, 0.5) is 0 Å². The van der Waals surface area contributed by atoms with E-state index in [0.717, 1.165) is 18.4 Å². The second-order valence-corrected chi connectivity index (χ2v) is 13.0. The first-order chi connectivity index (χ1) is 22.0. The highest BCUT2D eigenvalue weighted by molar-refractivity contribution is 5.99. The summed E-state index contributed by atoms with van der Waals surface area (Å²) in [6, 6.07) is 15.3. The molecule has 2 aromatic carbocycles. The number of azide groups is 1. The van der Waals surface area contributed by atoms with Crippen LogP contribution in [0, 0.1) is 17.8 Å². The van der Waals surface area contributed by atoms with Crippen molar-refractivity contribution in [1.82, 2.24) is 20.9 Å². The molecule has 0 saturated heterocycles. The first-order valence-electron chi connectivity index (χ1n) is 16.8. The summed E-state index contributed by atoms with van der Waals surface area (Å²) >= 11 is 0. The van der Waals surface area contributed by atoms with E-state index < -0.39 is 12.1 Å². The third-order valence-electron chi connectivity index (χ3n) is 7.94. The number of carbonyl (C=O) groups is 3. The van der Waals surface area contributed by atoms with Crippen molar-refractivity contribution < 1.29 is 14.4 Å². The normalized spacial score (nSPS) is 13.8. The Bertz CT molecular complexity index is 1270. The van der Waals surface area contributed by atoms with Crippen molar-refractivity contribution in [2.45, 2.75) is 98.8 Å². The molecule has 10 heteroatoms. The topological polar surface area (TPSA) is 139 Å². The summed E-state index contributed by atoms with van der Waals surface area (Å²) < 4.78 is 0. The van der Waals surface area contributed by atoms with E-state index in [-0.39, 0.29) is 41.5 Å². The van der Waals surface area contributed by atoms with Crippen molar-refractivity contribution in [3.8, 4) is 0 Å². The fourth-order valence-corrected chi connectivity index (χ4v) is 5.61. The molecule has 0 aromatic heterocycles. The lowest BCUT2D eigenvalue weighted by Crippen LogP contribution is -2.49. The maximum atomic E-state index is 13.5. The van der Waals surface area contributed by atoms with Gasteiger partial charge in [0.1, 0.15) is 0 Å². The van der Waals surface area contributed by atoms with Crippen LogP contribution in [0.5, 0.6) is 0 Å². The monoisotopic (exact) mass is 633 g/mol. The van der Waals surface area contributed by atoms with Gasteiger partial charge >= 0.3 is 0 Å². The number of hydrogen-bond donors (Lipinski definition) is 3. The Morgan fingerprint density at radius 2 is 1.54 bits per heavy atom. The van der Waals surface area contributed by atoms with Gasteiger partial charge in [0.05, 0.1) is 12.1 Å². The van der Waals surface area contributed by atoms with Gasteiger partial charge in [0.25, 0.3) is 11.8 Å². The average Bonchev–Trinajstić information content (AvgIpc) is 3.03. The molecule has 2 rings (SSSR count). The molecule has 3 amide bonds. The smallest absolute Gasteiger partial charge is 0.253 e. The summed E-state index contributed by atoms with van der Waals surface area (Å²) in [7, 11) is 0. The van der Waals surface area contributed by atoms with Gasteiger partial charge in [-0.2, -0.15) is 0 Å². The molecule has 0 radical (unpaired) electrons. The van der Waals surface area contributed by atoms with Gasteiger partial charge in [-0.3, -0.25) is 14.4 Å². The highest BCUT2D eigenvalue weighted by Gasteiger charge is 2.28. The molecule has 0 saturated carbocycles. The molecule has 2 aromatic rings. The summed E-state index contributed by atoms with van der Waals surface area (Å²) in [5, 5.41) is 13.7. The second-order valence-electron chi connectivity index (χ2n) is 13.0. The van der Waals surface area contributed by atoms with Gasteiger partial charge in [0.2, 0.25) is 5.91 Å². The molecule has 0 bridgehead atoms. The number of benzene rings is 2. The summed E-state index contributed by atoms with van der Waals surface area (Å²) in [5.74, 6) is -0.0958. The molecule has 0 unspecified atom stereocenters. The summed E-state index contributed by atoms with van der Waals surface area (Å²) in [6.45, 7) is 16.6. The van der Waals surface area contributed by atoms with Gasteiger partial charge < -0.3 is 20.9 Å². The average molecular weight is 634 g/mol. The molecule has 0 aliphatic carbocycles. The van der Waals surface area contributed by atoms with E-state index in [2.05, 4.69) is 39.8 Å². The Kier molecular flexibility index (Phi) is 16.9. The van der Waals surface area contributed by atoms with Crippen molar-refractivity contribution in [2.75, 3.05) is 19.6 Å². The quantitative estimate of drug-likeness (QED) is 0.0845. The SMILES string of the molecule is CCCN(CCC)C(=O)c1cccc(C(=O)N[C@@H](CC(C)C)[C@H](C[C@@H](C)CN[C@H](C(=O)NCc2ccccc2)C(C)C)N=[N+]=[N-])c1. The predicted molar refractivity (Wildman–Crippen MR) is 185 cm³/mol. The minimum atomic E-state index is -0.494. The molecule has 3 N–H and O–H groups in total. The lowest BCUT2D eigenvalue weighted by Gasteiger charge is -2.29. The van der Waals surface area contributed by atoms with Crippen LogP contribution >= 0.6 is 0 Å². The van der Waals surface area contributed by atoms with Gasteiger partial charge in [-0.1, -0.05) is 90.0 Å². The van der Waals surface area contributed by atoms with Crippen LogP contribution in [0.2, 0.25) is 0 Å². The number of hydrogen-bond acceptors (Lipinski definition) is 5. The van der Waals surface area contributed by atoms with E-state index in [1.165, 1.54) is 0 Å². The Morgan fingerprint density at radius 1 is 0.891 bits per heavy atom. The molecule has 0 aliphatic heterocycles. The van der Waals surface area contributed by atoms with Crippen LogP contribution in [-0.4, -0.2) is 60.4 Å². The molecule has 252 valence electrons. The van der Waals surface area contributed by atoms with Crippen molar-refractivity contribution in [3.63, 3.8) is 0 Å². The molecule has 10 nitrogen and oxygen atoms in total. The summed E-state index contributed by atoms with van der Waals surface area (Å²) in [6.07, 6.45) is 2.85. The van der Waals surface area contributed by atoms with E-state index in [1.54, 1.807) is 24.3 Å². The zero-order chi connectivity index (χ0) is 34.1. The number of nitrogens with one attached hydrogen (secondary N) is 3. The van der Waals surface area contributed by atoms with E-state index in [1.807, 2.05) is 69.9 Å². The van der Waals surface area contributed by atoms with Gasteiger partial charge in [0, 0.05) is 41.7 Å². The molecule has 46 heavy (non-hydrogen) atoms. The number of carbonyl (C=O) groups excluding carboxylic acids is 3. The zero-order valence-electron chi connectivity index (χ0n) is 28.8. The lowest BCUT2D eigenvalue weighted by atomic mass is 9.90. The maximum Gasteiger partial charge on any atom is 0.253 e. The molecule has 0 fully saturated rings. The van der Waals surface area contributed by atoms with Crippen LogP contribution in [0.15, 0.2) is 59.7 Å². The number of rotatable bonds is 20. The van der Waals surface area contributed by atoms with Crippen molar-refractivity contribution in [1.29, 1.82) is 0 Å². The first-order valence-corrected chi connectivity index (χ1v) is 16.8. The van der Waals surface area contributed by atoms with Crippen LogP contribution < -0.4 is 16.0 Å². The largest absolute Gasteiger partial charge is 0.351 e. The first kappa shape index (κ1) is 38.3. The molecular formula is C36H55N7O3. The van der Waals surface area contributed by atoms with Crippen LogP contribution in [-0.2, 0) is 11.3 Å². The minimum Gasteiger partial charge on any atom is -0.351 e. The highest BCUT2D eigenvalue weighted by Crippen LogP contribution is 2.20. The Hall–Kier alpha value is -3.88. The van der Waals surface area contributed by atoms with Crippen LogP contribution in [0.1, 0.15) is 100 Å². The van der Waals surface area contributed by atoms with E-state index in [0.29, 0.717) is 50.1 Å². The molecule has 0 spiro atoms. The Labute approximate surface area is 275 Å². The third kappa shape index (κ3) is 12.9. The predicted octanol–water partition coefficient (Wildman–Crippen LogP) is 6.73. The van der Waals surface area contributed by atoms with Crippen molar-refractivity contribution in [3.05, 3.63) is 81.7 Å². The van der Waals surface area contributed by atoms with Crippen molar-refractivity contribution >= 4 is 17.7 Å². The third-order valence-corrected chi connectivity index (χ3v) is 7.94. The maximum absolute atomic E-state index is 13.5. The van der Waals surface area contributed by atoms with Gasteiger partial charge in [-0.25, -0.2) is 0 Å². The van der Waals surface area contributed by atoms with Gasteiger partial charge in [0.15, 0.2) is 0 Å². The molecule has 0 heterocycles. The number of nitrogens with zero attached hydrogens (tertiary/aromatic N) is 4. The van der Waals surface area contributed by atoms with Gasteiger partial charge in [-0.05, 0) is 79.3 Å². The molecular weight excluding hydrogens is 578 g/mol.